The number of amides is 2. The van der Waals surface area contributed by atoms with Crippen LogP contribution in [0.2, 0.25) is 0 Å². The largest absolute Gasteiger partial charge is 0.369 e. The van der Waals surface area contributed by atoms with Crippen LogP contribution in [0.1, 0.15) is 45.1 Å². The molecule has 0 radical (unpaired) electrons. The highest BCUT2D eigenvalue weighted by Gasteiger charge is 2.57. The lowest BCUT2D eigenvalue weighted by Gasteiger charge is -2.33. The molecule has 2 rings (SSSR count). The van der Waals surface area contributed by atoms with E-state index in [1.807, 2.05) is 23.1 Å². The van der Waals surface area contributed by atoms with Gasteiger partial charge in [-0.2, -0.15) is 0 Å². The van der Waals surface area contributed by atoms with Crippen LogP contribution in [0.4, 0.5) is 0 Å². The molecule has 0 atom stereocenters. The van der Waals surface area contributed by atoms with Gasteiger partial charge < -0.3 is 10.6 Å². The number of hydrogen-bond donors (Lipinski definition) is 1. The molecule has 1 aliphatic rings. The van der Waals surface area contributed by atoms with E-state index in [9.17, 15) is 9.59 Å². The van der Waals surface area contributed by atoms with E-state index in [-0.39, 0.29) is 11.9 Å². The Bertz CT molecular complexity index is 519. The van der Waals surface area contributed by atoms with Crippen molar-refractivity contribution in [3.05, 3.63) is 35.9 Å². The third-order valence-electron chi connectivity index (χ3n) is 4.76. The smallest absolute Gasteiger partial charge is 0.238 e. The highest BCUT2D eigenvalue weighted by molar-refractivity contribution is 6.07. The van der Waals surface area contributed by atoms with Crippen LogP contribution >= 0.6 is 0 Å². The van der Waals surface area contributed by atoms with Gasteiger partial charge in [-0.3, -0.25) is 9.59 Å². The lowest BCUT2D eigenvalue weighted by atomic mass is 10.0. The fourth-order valence-corrected chi connectivity index (χ4v) is 3.04. The van der Waals surface area contributed by atoms with Crippen molar-refractivity contribution in [1.29, 1.82) is 0 Å². The maximum absolute atomic E-state index is 12.9. The Labute approximate surface area is 132 Å². The van der Waals surface area contributed by atoms with Gasteiger partial charge in [-0.1, -0.05) is 44.2 Å². The molecule has 0 aliphatic heterocycles. The summed E-state index contributed by atoms with van der Waals surface area (Å²) in [6, 6.07) is 10.3. The quantitative estimate of drug-likeness (QED) is 0.750. The highest BCUT2D eigenvalue weighted by Crippen LogP contribution is 2.47. The molecule has 120 valence electrons. The van der Waals surface area contributed by atoms with Gasteiger partial charge in [0, 0.05) is 12.6 Å². The molecule has 22 heavy (non-hydrogen) atoms. The normalized spacial score (nSPS) is 15.6. The molecule has 1 aromatic rings. The van der Waals surface area contributed by atoms with E-state index in [0.29, 0.717) is 19.4 Å². The first-order chi connectivity index (χ1) is 10.5. The molecule has 0 saturated heterocycles. The van der Waals surface area contributed by atoms with Crippen molar-refractivity contribution in [3.63, 3.8) is 0 Å². The number of nitrogens with two attached hydrogens (primary N) is 1. The summed E-state index contributed by atoms with van der Waals surface area (Å²) in [5, 5.41) is 0. The fourth-order valence-electron chi connectivity index (χ4n) is 3.04. The lowest BCUT2D eigenvalue weighted by molar-refractivity contribution is -0.145. The van der Waals surface area contributed by atoms with E-state index in [4.69, 9.17) is 5.73 Å². The van der Waals surface area contributed by atoms with Crippen LogP contribution in [0.25, 0.3) is 0 Å². The third kappa shape index (κ3) is 3.32. The van der Waals surface area contributed by atoms with E-state index in [2.05, 4.69) is 26.0 Å². The van der Waals surface area contributed by atoms with Crippen LogP contribution < -0.4 is 5.73 Å². The first kappa shape index (κ1) is 16.5. The third-order valence-corrected chi connectivity index (χ3v) is 4.76. The Morgan fingerprint density at radius 3 is 2.23 bits per heavy atom. The van der Waals surface area contributed by atoms with Crippen molar-refractivity contribution >= 4 is 11.8 Å². The number of benzene rings is 1. The molecule has 0 aromatic heterocycles. The molecule has 2 amide bonds. The standard InChI is InChI=1S/C18H26N2O2/c1-3-15(4-2)20(13-10-14-8-6-5-7-9-14)17(22)18(11-12-18)16(19)21/h5-9,15H,3-4,10-13H2,1-2H3,(H2,19,21). The maximum atomic E-state index is 12.9. The van der Waals surface area contributed by atoms with Crippen molar-refractivity contribution in [2.75, 3.05) is 6.54 Å². The van der Waals surface area contributed by atoms with Crippen molar-refractivity contribution < 1.29 is 9.59 Å². The van der Waals surface area contributed by atoms with Gasteiger partial charge in [-0.05, 0) is 37.7 Å². The van der Waals surface area contributed by atoms with E-state index < -0.39 is 11.3 Å². The first-order valence-electron chi connectivity index (χ1n) is 8.20. The second-order valence-electron chi connectivity index (χ2n) is 6.15. The minimum atomic E-state index is -0.917. The molecule has 2 N–H and O–H groups in total. The molecule has 0 spiro atoms. The Balaban J connectivity index is 2.13. The minimum Gasteiger partial charge on any atom is -0.369 e. The zero-order chi connectivity index (χ0) is 16.2. The summed E-state index contributed by atoms with van der Waals surface area (Å²) in [5.74, 6) is -0.530. The number of primary amides is 1. The molecule has 0 bridgehead atoms. The Morgan fingerprint density at radius 1 is 1.18 bits per heavy atom. The second-order valence-corrected chi connectivity index (χ2v) is 6.15. The van der Waals surface area contributed by atoms with E-state index in [0.717, 1.165) is 19.3 Å². The summed E-state index contributed by atoms with van der Waals surface area (Å²) in [7, 11) is 0. The van der Waals surface area contributed by atoms with Gasteiger partial charge in [0.05, 0.1) is 0 Å². The molecule has 1 fully saturated rings. The van der Waals surface area contributed by atoms with Gasteiger partial charge in [0.25, 0.3) is 0 Å². The van der Waals surface area contributed by atoms with Crippen LogP contribution in [0.5, 0.6) is 0 Å². The van der Waals surface area contributed by atoms with Crippen LogP contribution in [-0.4, -0.2) is 29.3 Å². The molecular formula is C18H26N2O2. The van der Waals surface area contributed by atoms with Gasteiger partial charge in [0.1, 0.15) is 5.41 Å². The van der Waals surface area contributed by atoms with Gasteiger partial charge in [-0.15, -0.1) is 0 Å². The average Bonchev–Trinajstić information content (AvgIpc) is 3.33. The summed E-state index contributed by atoms with van der Waals surface area (Å²) in [4.78, 5) is 26.4. The summed E-state index contributed by atoms with van der Waals surface area (Å²) >= 11 is 0. The summed E-state index contributed by atoms with van der Waals surface area (Å²) in [5.41, 5.74) is 5.76. The summed E-state index contributed by atoms with van der Waals surface area (Å²) in [6.07, 6.45) is 3.79. The zero-order valence-corrected chi connectivity index (χ0v) is 13.5. The van der Waals surface area contributed by atoms with Crippen molar-refractivity contribution in [2.45, 2.75) is 52.0 Å². The van der Waals surface area contributed by atoms with E-state index in [1.54, 1.807) is 0 Å². The topological polar surface area (TPSA) is 63.4 Å². The van der Waals surface area contributed by atoms with Crippen LogP contribution in [0.15, 0.2) is 30.3 Å². The van der Waals surface area contributed by atoms with Crippen LogP contribution in [0.3, 0.4) is 0 Å². The summed E-state index contributed by atoms with van der Waals surface area (Å²) < 4.78 is 0. The molecule has 1 aliphatic carbocycles. The number of hydrogen-bond acceptors (Lipinski definition) is 2. The summed E-state index contributed by atoms with van der Waals surface area (Å²) in [6.45, 7) is 4.81. The van der Waals surface area contributed by atoms with Crippen molar-refractivity contribution in [1.82, 2.24) is 4.90 Å². The Kier molecular flexibility index (Phi) is 5.22. The molecule has 0 heterocycles. The average molecular weight is 302 g/mol. The zero-order valence-electron chi connectivity index (χ0n) is 13.5. The van der Waals surface area contributed by atoms with Crippen molar-refractivity contribution in [3.8, 4) is 0 Å². The predicted octanol–water partition coefficient (Wildman–Crippen LogP) is 2.51. The van der Waals surface area contributed by atoms with Crippen LogP contribution in [0, 0.1) is 5.41 Å². The van der Waals surface area contributed by atoms with E-state index in [1.165, 1.54) is 5.56 Å². The molecule has 4 heteroatoms. The molecule has 1 saturated carbocycles. The van der Waals surface area contributed by atoms with Crippen molar-refractivity contribution in [2.24, 2.45) is 11.1 Å². The minimum absolute atomic E-state index is 0.0652. The number of carbonyl (C=O) groups is 2. The number of nitrogens with zero attached hydrogens (tertiary/aromatic N) is 1. The van der Waals surface area contributed by atoms with Gasteiger partial charge >= 0.3 is 0 Å². The van der Waals surface area contributed by atoms with Gasteiger partial charge in [0.15, 0.2) is 0 Å². The maximum Gasteiger partial charge on any atom is 0.238 e. The highest BCUT2D eigenvalue weighted by atomic mass is 16.2. The number of rotatable bonds is 8. The Hall–Kier alpha value is -1.84. The predicted molar refractivity (Wildman–Crippen MR) is 87.1 cm³/mol. The molecular weight excluding hydrogens is 276 g/mol. The molecule has 4 nitrogen and oxygen atoms in total. The molecule has 1 aromatic carbocycles. The van der Waals surface area contributed by atoms with E-state index >= 15 is 0 Å². The number of carbonyl (C=O) groups excluding carboxylic acids is 2. The fraction of sp³-hybridized carbons (Fsp3) is 0.556. The first-order valence-corrected chi connectivity index (χ1v) is 8.20. The molecule has 0 unspecified atom stereocenters. The van der Waals surface area contributed by atoms with Crippen LogP contribution in [-0.2, 0) is 16.0 Å². The second kappa shape index (κ2) is 6.95. The SMILES string of the molecule is CCC(CC)N(CCc1ccccc1)C(=O)C1(C(N)=O)CC1. The van der Waals surface area contributed by atoms with Gasteiger partial charge in [-0.25, -0.2) is 0 Å². The van der Waals surface area contributed by atoms with Gasteiger partial charge in [0.2, 0.25) is 11.8 Å². The Morgan fingerprint density at radius 2 is 1.77 bits per heavy atom. The lowest BCUT2D eigenvalue weighted by Crippen LogP contribution is -2.48. The monoisotopic (exact) mass is 302 g/mol.